The van der Waals surface area contributed by atoms with Gasteiger partial charge in [-0.05, 0) is 32.1 Å². The SMILES string of the molecule is CCCCCCCC/C=C\CCCCCCCC(N)CC(N)=S. The lowest BCUT2D eigenvalue weighted by Gasteiger charge is -2.09. The third kappa shape index (κ3) is 19.5. The van der Waals surface area contributed by atoms with Crippen molar-refractivity contribution in [1.29, 1.82) is 0 Å². The Morgan fingerprint density at radius 1 is 0.826 bits per heavy atom. The second-order valence-electron chi connectivity index (χ2n) is 6.80. The van der Waals surface area contributed by atoms with Gasteiger partial charge in [0.15, 0.2) is 0 Å². The average molecular weight is 341 g/mol. The van der Waals surface area contributed by atoms with Gasteiger partial charge in [-0.25, -0.2) is 0 Å². The summed E-state index contributed by atoms with van der Waals surface area (Å²) in [6, 6.07) is 0.164. The van der Waals surface area contributed by atoms with Gasteiger partial charge in [-0.3, -0.25) is 0 Å². The third-order valence-electron chi connectivity index (χ3n) is 4.30. The zero-order chi connectivity index (χ0) is 17.2. The Morgan fingerprint density at radius 3 is 1.83 bits per heavy atom. The number of thiocarbonyl (C=S) groups is 1. The minimum absolute atomic E-state index is 0.164. The Morgan fingerprint density at radius 2 is 1.30 bits per heavy atom. The molecule has 0 heterocycles. The van der Waals surface area contributed by atoms with Crippen molar-refractivity contribution in [1.82, 2.24) is 0 Å². The van der Waals surface area contributed by atoms with Crippen LogP contribution in [0.2, 0.25) is 0 Å². The van der Waals surface area contributed by atoms with Crippen LogP contribution in [0.5, 0.6) is 0 Å². The predicted octanol–water partition coefficient (Wildman–Crippen LogP) is 6.03. The maximum Gasteiger partial charge on any atom is 0.0742 e. The Balaban J connectivity index is 3.17. The molecule has 1 atom stereocenters. The van der Waals surface area contributed by atoms with E-state index in [0.29, 0.717) is 11.4 Å². The summed E-state index contributed by atoms with van der Waals surface area (Å²) >= 11 is 4.87. The van der Waals surface area contributed by atoms with Gasteiger partial charge in [-0.2, -0.15) is 0 Å². The molecule has 0 aromatic carbocycles. The molecule has 136 valence electrons. The zero-order valence-electron chi connectivity index (χ0n) is 15.4. The highest BCUT2D eigenvalue weighted by atomic mass is 32.1. The van der Waals surface area contributed by atoms with Crippen molar-refractivity contribution < 1.29 is 0 Å². The van der Waals surface area contributed by atoms with Gasteiger partial charge in [-0.1, -0.05) is 89.1 Å². The first-order chi connectivity index (χ1) is 11.2. The average Bonchev–Trinajstić information content (AvgIpc) is 2.50. The van der Waals surface area contributed by atoms with Gasteiger partial charge in [0.25, 0.3) is 0 Å². The van der Waals surface area contributed by atoms with Gasteiger partial charge < -0.3 is 11.5 Å². The van der Waals surface area contributed by atoms with Crippen LogP contribution in [-0.4, -0.2) is 11.0 Å². The maximum atomic E-state index is 5.95. The summed E-state index contributed by atoms with van der Waals surface area (Å²) in [5.74, 6) is 0. The summed E-state index contributed by atoms with van der Waals surface area (Å²) in [4.78, 5) is 0.547. The minimum atomic E-state index is 0.164. The fourth-order valence-corrected chi connectivity index (χ4v) is 3.05. The number of rotatable bonds is 17. The molecule has 0 saturated carbocycles. The number of hydrogen-bond donors (Lipinski definition) is 2. The zero-order valence-corrected chi connectivity index (χ0v) is 16.2. The standard InChI is InChI=1S/C20H40N2S/c1-2-3-4-5-6-7-8-9-10-11-12-13-14-15-16-17-19(21)18-20(22)23/h9-10,19H,2-8,11-18,21H2,1H3,(H2,22,23)/b10-9-. The lowest BCUT2D eigenvalue weighted by molar-refractivity contribution is 0.545. The molecule has 3 heteroatoms. The largest absolute Gasteiger partial charge is 0.393 e. The number of allylic oxidation sites excluding steroid dienone is 2. The molecule has 0 aromatic rings. The first-order valence-corrected chi connectivity index (χ1v) is 10.3. The molecular weight excluding hydrogens is 300 g/mol. The molecule has 0 aliphatic rings. The lowest BCUT2D eigenvalue weighted by atomic mass is 10.0. The highest BCUT2D eigenvalue weighted by Crippen LogP contribution is 2.11. The smallest absolute Gasteiger partial charge is 0.0742 e. The Kier molecular flexibility index (Phi) is 17.6. The van der Waals surface area contributed by atoms with Crippen LogP contribution in [0, 0.1) is 0 Å². The van der Waals surface area contributed by atoms with E-state index in [4.69, 9.17) is 23.7 Å². The van der Waals surface area contributed by atoms with E-state index in [1.807, 2.05) is 0 Å². The summed E-state index contributed by atoms with van der Waals surface area (Å²) in [5, 5.41) is 0. The Labute approximate surface area is 150 Å². The van der Waals surface area contributed by atoms with Crippen molar-refractivity contribution >= 4 is 17.2 Å². The molecule has 0 aromatic heterocycles. The van der Waals surface area contributed by atoms with Crippen LogP contribution in [0.3, 0.4) is 0 Å². The van der Waals surface area contributed by atoms with Gasteiger partial charge in [-0.15, -0.1) is 0 Å². The number of nitrogens with two attached hydrogens (primary N) is 2. The lowest BCUT2D eigenvalue weighted by Crippen LogP contribution is -2.26. The second kappa shape index (κ2) is 17.9. The molecule has 0 spiro atoms. The molecule has 23 heavy (non-hydrogen) atoms. The summed E-state index contributed by atoms with van der Waals surface area (Å²) in [7, 11) is 0. The summed E-state index contributed by atoms with van der Waals surface area (Å²) in [5.41, 5.74) is 11.4. The van der Waals surface area contributed by atoms with Crippen molar-refractivity contribution in [3.05, 3.63) is 12.2 Å². The summed E-state index contributed by atoms with van der Waals surface area (Å²) in [6.07, 6.45) is 23.9. The molecule has 0 bridgehead atoms. The molecule has 0 fully saturated rings. The van der Waals surface area contributed by atoms with Crippen LogP contribution in [0.1, 0.15) is 103 Å². The molecule has 0 radical (unpaired) electrons. The normalized spacial score (nSPS) is 12.8. The first-order valence-electron chi connectivity index (χ1n) is 9.85. The predicted molar refractivity (Wildman–Crippen MR) is 109 cm³/mol. The van der Waals surface area contributed by atoms with Gasteiger partial charge in [0.2, 0.25) is 0 Å². The molecule has 4 N–H and O–H groups in total. The molecule has 1 unspecified atom stereocenters. The first kappa shape index (κ1) is 22.6. The molecule has 0 amide bonds. The Hall–Kier alpha value is -0.410. The van der Waals surface area contributed by atoms with Crippen molar-refractivity contribution in [2.75, 3.05) is 0 Å². The quantitative estimate of drug-likeness (QED) is 0.193. The maximum absolute atomic E-state index is 5.95. The van der Waals surface area contributed by atoms with E-state index in [2.05, 4.69) is 19.1 Å². The van der Waals surface area contributed by atoms with E-state index in [0.717, 1.165) is 6.42 Å². The summed E-state index contributed by atoms with van der Waals surface area (Å²) < 4.78 is 0. The van der Waals surface area contributed by atoms with Gasteiger partial charge >= 0.3 is 0 Å². The minimum Gasteiger partial charge on any atom is -0.393 e. The van der Waals surface area contributed by atoms with Crippen LogP contribution >= 0.6 is 12.2 Å². The molecule has 2 nitrogen and oxygen atoms in total. The van der Waals surface area contributed by atoms with E-state index in [9.17, 15) is 0 Å². The van der Waals surface area contributed by atoms with Crippen molar-refractivity contribution in [3.8, 4) is 0 Å². The van der Waals surface area contributed by atoms with E-state index in [1.54, 1.807) is 0 Å². The summed E-state index contributed by atoms with van der Waals surface area (Å²) in [6.45, 7) is 2.27. The third-order valence-corrected chi connectivity index (χ3v) is 4.47. The van der Waals surface area contributed by atoms with Crippen LogP contribution in [-0.2, 0) is 0 Å². The van der Waals surface area contributed by atoms with Crippen LogP contribution in [0.4, 0.5) is 0 Å². The molecule has 0 rings (SSSR count). The van der Waals surface area contributed by atoms with E-state index in [1.165, 1.54) is 83.5 Å². The van der Waals surface area contributed by atoms with Crippen LogP contribution in [0.15, 0.2) is 12.2 Å². The number of unbranched alkanes of at least 4 members (excludes halogenated alkanes) is 11. The van der Waals surface area contributed by atoms with Gasteiger partial charge in [0.05, 0.1) is 4.99 Å². The second-order valence-corrected chi connectivity index (χ2v) is 7.33. The highest BCUT2D eigenvalue weighted by molar-refractivity contribution is 7.80. The van der Waals surface area contributed by atoms with Gasteiger partial charge in [0, 0.05) is 12.5 Å². The van der Waals surface area contributed by atoms with E-state index < -0.39 is 0 Å². The van der Waals surface area contributed by atoms with Crippen LogP contribution < -0.4 is 11.5 Å². The van der Waals surface area contributed by atoms with Crippen molar-refractivity contribution in [2.45, 2.75) is 109 Å². The highest BCUT2D eigenvalue weighted by Gasteiger charge is 2.03. The topological polar surface area (TPSA) is 52.0 Å². The van der Waals surface area contributed by atoms with Crippen molar-refractivity contribution in [3.63, 3.8) is 0 Å². The fourth-order valence-electron chi connectivity index (χ4n) is 2.84. The van der Waals surface area contributed by atoms with E-state index >= 15 is 0 Å². The van der Waals surface area contributed by atoms with Crippen molar-refractivity contribution in [2.24, 2.45) is 11.5 Å². The number of hydrogen-bond acceptors (Lipinski definition) is 2. The molecule has 0 saturated heterocycles. The molecule has 0 aliphatic heterocycles. The molecular formula is C20H40N2S. The van der Waals surface area contributed by atoms with E-state index in [-0.39, 0.29) is 6.04 Å². The fraction of sp³-hybridized carbons (Fsp3) is 0.850. The monoisotopic (exact) mass is 340 g/mol. The van der Waals surface area contributed by atoms with Gasteiger partial charge in [0.1, 0.15) is 0 Å². The van der Waals surface area contributed by atoms with Crippen LogP contribution in [0.25, 0.3) is 0 Å². The molecule has 0 aliphatic carbocycles. The Bertz CT molecular complexity index is 289.